The van der Waals surface area contributed by atoms with Gasteiger partial charge in [-0.2, -0.15) is 0 Å². The van der Waals surface area contributed by atoms with Crippen LogP contribution in [0, 0.1) is 10.1 Å². The van der Waals surface area contributed by atoms with E-state index >= 15 is 0 Å². The number of hydrogen-bond acceptors (Lipinski definition) is 6. The van der Waals surface area contributed by atoms with Crippen LogP contribution >= 0.6 is 0 Å². The molecule has 1 aliphatic heterocycles. The van der Waals surface area contributed by atoms with Crippen LogP contribution in [-0.4, -0.2) is 28.7 Å². The summed E-state index contributed by atoms with van der Waals surface area (Å²) in [5.74, 6) is 0.448. The SMILES string of the molecule is CC1(Nc2ccc([N+](=O)[O-])c(N)n2)CCOC1. The van der Waals surface area contributed by atoms with Gasteiger partial charge in [0.25, 0.3) is 0 Å². The van der Waals surface area contributed by atoms with E-state index in [0.29, 0.717) is 19.0 Å². The molecule has 0 spiro atoms. The predicted molar refractivity (Wildman–Crippen MR) is 62.8 cm³/mol. The molecule has 17 heavy (non-hydrogen) atoms. The summed E-state index contributed by atoms with van der Waals surface area (Å²) in [5, 5.41) is 13.8. The van der Waals surface area contributed by atoms with Crippen LogP contribution < -0.4 is 11.1 Å². The second kappa shape index (κ2) is 4.17. The van der Waals surface area contributed by atoms with Gasteiger partial charge in [0.15, 0.2) is 0 Å². The Hall–Kier alpha value is -1.89. The van der Waals surface area contributed by atoms with Crippen LogP contribution in [0.2, 0.25) is 0 Å². The van der Waals surface area contributed by atoms with Gasteiger partial charge in [-0.1, -0.05) is 0 Å². The molecule has 7 heteroatoms. The Labute approximate surface area is 98.1 Å². The number of aromatic nitrogens is 1. The Kier molecular flexibility index (Phi) is 2.84. The van der Waals surface area contributed by atoms with E-state index in [9.17, 15) is 10.1 Å². The summed E-state index contributed by atoms with van der Waals surface area (Å²) in [7, 11) is 0. The Morgan fingerprint density at radius 1 is 1.65 bits per heavy atom. The third-order valence-electron chi connectivity index (χ3n) is 2.75. The van der Waals surface area contributed by atoms with Crippen LogP contribution in [0.4, 0.5) is 17.3 Å². The number of ether oxygens (including phenoxy) is 1. The van der Waals surface area contributed by atoms with Gasteiger partial charge in [0.05, 0.1) is 17.1 Å². The summed E-state index contributed by atoms with van der Waals surface area (Å²) in [6.07, 6.45) is 0.867. The Morgan fingerprint density at radius 2 is 2.41 bits per heavy atom. The molecule has 0 aromatic carbocycles. The highest BCUT2D eigenvalue weighted by atomic mass is 16.6. The standard InChI is InChI=1S/C10H14N4O3/c1-10(4-5-17-6-10)13-8-3-2-7(14(15)16)9(11)12-8/h2-3H,4-6H2,1H3,(H3,11,12,13). The fraction of sp³-hybridized carbons (Fsp3) is 0.500. The van der Waals surface area contributed by atoms with E-state index in [0.717, 1.165) is 6.42 Å². The molecule has 1 saturated heterocycles. The molecule has 1 atom stereocenters. The van der Waals surface area contributed by atoms with Crippen LogP contribution in [0.3, 0.4) is 0 Å². The summed E-state index contributed by atoms with van der Waals surface area (Å²) in [6.45, 7) is 3.30. The summed E-state index contributed by atoms with van der Waals surface area (Å²) >= 11 is 0. The van der Waals surface area contributed by atoms with Crippen molar-refractivity contribution in [1.82, 2.24) is 4.98 Å². The maximum atomic E-state index is 10.6. The van der Waals surface area contributed by atoms with Crippen molar-refractivity contribution in [3.8, 4) is 0 Å². The van der Waals surface area contributed by atoms with Crippen molar-refractivity contribution in [3.05, 3.63) is 22.2 Å². The van der Waals surface area contributed by atoms with E-state index in [1.54, 1.807) is 6.07 Å². The van der Waals surface area contributed by atoms with Gasteiger partial charge in [-0.25, -0.2) is 4.98 Å². The fourth-order valence-corrected chi connectivity index (χ4v) is 1.77. The van der Waals surface area contributed by atoms with Gasteiger partial charge in [0, 0.05) is 12.7 Å². The molecular weight excluding hydrogens is 224 g/mol. The second-order valence-corrected chi connectivity index (χ2v) is 4.35. The van der Waals surface area contributed by atoms with E-state index in [1.807, 2.05) is 6.92 Å². The minimum Gasteiger partial charge on any atom is -0.379 e. The quantitative estimate of drug-likeness (QED) is 0.605. The number of pyridine rings is 1. The summed E-state index contributed by atoms with van der Waals surface area (Å²) in [5.41, 5.74) is 5.15. The molecule has 2 heterocycles. The Morgan fingerprint density at radius 3 is 2.94 bits per heavy atom. The monoisotopic (exact) mass is 238 g/mol. The van der Waals surface area contributed by atoms with E-state index in [2.05, 4.69) is 10.3 Å². The Balaban J connectivity index is 2.17. The number of hydrogen-bond donors (Lipinski definition) is 2. The van der Waals surface area contributed by atoms with Gasteiger partial charge in [-0.3, -0.25) is 10.1 Å². The molecule has 1 aromatic rings. The van der Waals surface area contributed by atoms with Gasteiger partial charge in [-0.15, -0.1) is 0 Å². The van der Waals surface area contributed by atoms with Crippen LogP contribution in [0.25, 0.3) is 0 Å². The normalized spacial score (nSPS) is 23.6. The highest BCUT2D eigenvalue weighted by Crippen LogP contribution is 2.26. The van der Waals surface area contributed by atoms with Crippen molar-refractivity contribution in [2.45, 2.75) is 18.9 Å². The lowest BCUT2D eigenvalue weighted by atomic mass is 10.0. The molecule has 1 aliphatic rings. The average Bonchev–Trinajstić information content (AvgIpc) is 2.64. The largest absolute Gasteiger partial charge is 0.379 e. The minimum absolute atomic E-state index is 0.0810. The van der Waals surface area contributed by atoms with Crippen LogP contribution in [0.5, 0.6) is 0 Å². The number of rotatable bonds is 3. The zero-order chi connectivity index (χ0) is 12.5. The van der Waals surface area contributed by atoms with E-state index in [1.165, 1.54) is 6.07 Å². The first-order valence-corrected chi connectivity index (χ1v) is 5.27. The molecule has 1 fully saturated rings. The van der Waals surface area contributed by atoms with Crippen molar-refractivity contribution in [2.75, 3.05) is 24.3 Å². The van der Waals surface area contributed by atoms with Crippen molar-refractivity contribution in [1.29, 1.82) is 0 Å². The smallest absolute Gasteiger partial charge is 0.311 e. The predicted octanol–water partition coefficient (Wildman–Crippen LogP) is 1.16. The van der Waals surface area contributed by atoms with Crippen molar-refractivity contribution in [2.24, 2.45) is 0 Å². The molecular formula is C10H14N4O3. The lowest BCUT2D eigenvalue weighted by Gasteiger charge is -2.24. The first-order chi connectivity index (χ1) is 8.00. The molecule has 0 amide bonds. The minimum atomic E-state index is -0.549. The first kappa shape index (κ1) is 11.6. The summed E-state index contributed by atoms with van der Waals surface area (Å²) in [6, 6.07) is 2.90. The van der Waals surface area contributed by atoms with Crippen LogP contribution in [0.15, 0.2) is 12.1 Å². The van der Waals surface area contributed by atoms with Gasteiger partial charge in [-0.05, 0) is 19.4 Å². The number of anilines is 2. The van der Waals surface area contributed by atoms with Gasteiger partial charge >= 0.3 is 5.69 Å². The van der Waals surface area contributed by atoms with Gasteiger partial charge < -0.3 is 15.8 Å². The molecule has 2 rings (SSSR count). The van der Waals surface area contributed by atoms with Crippen molar-refractivity contribution < 1.29 is 9.66 Å². The number of nitro groups is 1. The maximum Gasteiger partial charge on any atom is 0.311 e. The third-order valence-corrected chi connectivity index (χ3v) is 2.75. The molecule has 7 nitrogen and oxygen atoms in total. The third kappa shape index (κ3) is 2.44. The summed E-state index contributed by atoms with van der Waals surface area (Å²) in [4.78, 5) is 14.0. The highest BCUT2D eigenvalue weighted by Gasteiger charge is 2.30. The molecule has 0 saturated carbocycles. The van der Waals surface area contributed by atoms with E-state index < -0.39 is 4.92 Å². The zero-order valence-electron chi connectivity index (χ0n) is 9.47. The number of nitrogens with two attached hydrogens (primary N) is 1. The molecule has 1 aromatic heterocycles. The zero-order valence-corrected chi connectivity index (χ0v) is 9.47. The van der Waals surface area contributed by atoms with Crippen molar-refractivity contribution >= 4 is 17.3 Å². The van der Waals surface area contributed by atoms with E-state index in [4.69, 9.17) is 10.5 Å². The average molecular weight is 238 g/mol. The number of nitrogen functional groups attached to an aromatic ring is 1. The van der Waals surface area contributed by atoms with Crippen LogP contribution in [0.1, 0.15) is 13.3 Å². The molecule has 0 aliphatic carbocycles. The molecule has 3 N–H and O–H groups in total. The second-order valence-electron chi connectivity index (χ2n) is 4.35. The highest BCUT2D eigenvalue weighted by molar-refractivity contribution is 5.57. The fourth-order valence-electron chi connectivity index (χ4n) is 1.77. The van der Waals surface area contributed by atoms with E-state index in [-0.39, 0.29) is 17.0 Å². The first-order valence-electron chi connectivity index (χ1n) is 5.27. The van der Waals surface area contributed by atoms with Gasteiger partial charge in [0.2, 0.25) is 5.82 Å². The molecule has 92 valence electrons. The van der Waals surface area contributed by atoms with Crippen LogP contribution in [-0.2, 0) is 4.74 Å². The summed E-state index contributed by atoms with van der Waals surface area (Å²) < 4.78 is 5.29. The number of nitrogens with one attached hydrogen (secondary N) is 1. The molecule has 0 radical (unpaired) electrons. The van der Waals surface area contributed by atoms with Crippen molar-refractivity contribution in [3.63, 3.8) is 0 Å². The lowest BCUT2D eigenvalue weighted by Crippen LogP contribution is -2.35. The molecule has 0 bridgehead atoms. The lowest BCUT2D eigenvalue weighted by molar-refractivity contribution is -0.384. The maximum absolute atomic E-state index is 10.6. The Bertz CT molecular complexity index is 443. The van der Waals surface area contributed by atoms with Gasteiger partial charge in [0.1, 0.15) is 5.82 Å². The molecule has 1 unspecified atom stereocenters. The number of nitrogens with zero attached hydrogens (tertiary/aromatic N) is 2. The topological polar surface area (TPSA) is 103 Å².